The van der Waals surface area contributed by atoms with Crippen LogP contribution in [0.2, 0.25) is 0 Å². The highest BCUT2D eigenvalue weighted by Crippen LogP contribution is 2.82. The minimum Gasteiger partial charge on any atom is -0.469 e. The second-order valence-electron chi connectivity index (χ2n) is 22.6. The summed E-state index contributed by atoms with van der Waals surface area (Å²) in [5, 5.41) is 0. The highest BCUT2D eigenvalue weighted by atomic mass is 16.6. The smallest absolute Gasteiger partial charge is 0.309 e. The van der Waals surface area contributed by atoms with Crippen LogP contribution in [0.1, 0.15) is 124 Å². The summed E-state index contributed by atoms with van der Waals surface area (Å²) in [4.78, 5) is 75.2. The quantitative estimate of drug-likeness (QED) is 0.199. The lowest BCUT2D eigenvalue weighted by Gasteiger charge is -2.59. The largest absolute Gasteiger partial charge is 0.469 e. The van der Waals surface area contributed by atoms with E-state index in [-0.39, 0.29) is 117 Å². The number of methoxy groups -OCH3 is 2. The lowest BCUT2D eigenvalue weighted by atomic mass is 9.41. The number of fused-ring (bicyclic) bond motifs is 12. The third-order valence-corrected chi connectivity index (χ3v) is 21.3. The maximum absolute atomic E-state index is 13.2. The van der Waals surface area contributed by atoms with E-state index in [1.165, 1.54) is 14.2 Å². The van der Waals surface area contributed by atoms with E-state index in [0.717, 1.165) is 63.4 Å². The van der Waals surface area contributed by atoms with Crippen LogP contribution < -0.4 is 0 Å². The first-order chi connectivity index (χ1) is 28.9. The first-order valence-electron chi connectivity index (χ1n) is 23.3. The van der Waals surface area contributed by atoms with E-state index in [4.69, 9.17) is 33.2 Å². The molecule has 330 valence electrons. The third-order valence-electron chi connectivity index (χ3n) is 21.3. The number of carbonyl (C=O) groups excluding carboxylic acids is 6. The van der Waals surface area contributed by atoms with Crippen LogP contribution in [0.5, 0.6) is 0 Å². The number of ether oxygens (including phenoxy) is 7. The molecule has 10 unspecified atom stereocenters. The molecule has 19 atom stereocenters. The first-order valence-corrected chi connectivity index (χ1v) is 23.3. The van der Waals surface area contributed by atoms with Gasteiger partial charge in [-0.2, -0.15) is 0 Å². The average Bonchev–Trinajstić information content (AvgIpc) is 4.18. The Bertz CT molecular complexity index is 2130. The van der Waals surface area contributed by atoms with Gasteiger partial charge in [0.15, 0.2) is 11.6 Å². The second-order valence-corrected chi connectivity index (χ2v) is 22.6. The SMILES string of the molecule is COC(=O)[C@@H]1CC23O[C@@H]2C(=O)CC[C@]3(C)[C@@]23OC2C[C@@]2(C)C(CCC24CCC(=O)O4)C13.COC(=O)[C@@H]1CC2=CC(=O)CC[C@]2(C)C2C1C1CCC3(CCC(=O)O3)[C@@]1(C)C1O[C@H]12. The number of hydrogen-bond donors (Lipinski definition) is 0. The van der Waals surface area contributed by atoms with Crippen molar-refractivity contribution in [3.63, 3.8) is 0 Å². The van der Waals surface area contributed by atoms with E-state index < -0.39 is 28.5 Å². The Morgan fingerprint density at radius 3 is 2.08 bits per heavy atom. The molecule has 13 heteroatoms. The van der Waals surface area contributed by atoms with Crippen LogP contribution in [0, 0.1) is 63.1 Å². The molecule has 0 bridgehead atoms. The number of rotatable bonds is 2. The zero-order valence-electron chi connectivity index (χ0n) is 36.3. The number of allylic oxidation sites excluding steroid dienone is 1. The van der Waals surface area contributed by atoms with Gasteiger partial charge in [-0.25, -0.2) is 0 Å². The van der Waals surface area contributed by atoms with Gasteiger partial charge in [0, 0.05) is 53.8 Å². The number of epoxide rings is 3. The molecule has 0 aromatic rings. The van der Waals surface area contributed by atoms with Gasteiger partial charge < -0.3 is 33.2 Å². The fraction of sp³-hybridized carbons (Fsp3) is 0.833. The molecule has 61 heavy (non-hydrogen) atoms. The molecular weight excluding hydrogens is 785 g/mol. The molecule has 0 radical (unpaired) electrons. The first kappa shape index (κ1) is 39.4. The molecule has 7 saturated carbocycles. The fourth-order valence-corrected chi connectivity index (χ4v) is 18.2. The van der Waals surface area contributed by atoms with Gasteiger partial charge in [-0.05, 0) is 99.9 Å². The predicted molar refractivity (Wildman–Crippen MR) is 210 cm³/mol. The van der Waals surface area contributed by atoms with Crippen molar-refractivity contribution in [1.29, 1.82) is 0 Å². The van der Waals surface area contributed by atoms with E-state index in [0.29, 0.717) is 38.5 Å². The lowest BCUT2D eigenvalue weighted by Crippen LogP contribution is -2.68. The average molecular weight is 845 g/mol. The van der Waals surface area contributed by atoms with E-state index in [2.05, 4.69) is 27.7 Å². The number of esters is 4. The van der Waals surface area contributed by atoms with Crippen molar-refractivity contribution >= 4 is 35.4 Å². The molecule has 0 aromatic heterocycles. The summed E-state index contributed by atoms with van der Waals surface area (Å²) < 4.78 is 42.0. The summed E-state index contributed by atoms with van der Waals surface area (Å²) in [6.07, 6.45) is 12.1. The summed E-state index contributed by atoms with van der Waals surface area (Å²) in [5.74, 6) is -0.149. The van der Waals surface area contributed by atoms with Crippen molar-refractivity contribution in [1.82, 2.24) is 0 Å². The Morgan fingerprint density at radius 2 is 1.39 bits per heavy atom. The molecule has 0 N–H and O–H groups in total. The van der Waals surface area contributed by atoms with Gasteiger partial charge in [-0.1, -0.05) is 33.3 Å². The Kier molecular flexibility index (Phi) is 7.72. The number of Topliss-reactive ketones (excluding diaryl/α,β-unsaturated/α-hetero) is 1. The monoisotopic (exact) mass is 844 g/mol. The molecule has 8 aliphatic carbocycles. The van der Waals surface area contributed by atoms with Crippen molar-refractivity contribution in [2.45, 2.75) is 171 Å². The van der Waals surface area contributed by atoms with Crippen LogP contribution in [0.25, 0.3) is 0 Å². The predicted octanol–water partition coefficient (Wildman–Crippen LogP) is 5.32. The Morgan fingerprint density at radius 1 is 0.721 bits per heavy atom. The summed E-state index contributed by atoms with van der Waals surface area (Å²) in [6, 6.07) is 0. The van der Waals surface area contributed by atoms with Crippen LogP contribution >= 0.6 is 0 Å². The normalized spacial score (nSPS) is 56.8. The summed E-state index contributed by atoms with van der Waals surface area (Å²) in [7, 11) is 2.90. The van der Waals surface area contributed by atoms with Gasteiger partial charge in [0.25, 0.3) is 0 Å². The molecule has 13 aliphatic rings. The maximum atomic E-state index is 13.2. The summed E-state index contributed by atoms with van der Waals surface area (Å²) in [5.41, 5.74) is -1.74. The van der Waals surface area contributed by atoms with Crippen LogP contribution in [0.4, 0.5) is 0 Å². The molecule has 12 fully saturated rings. The van der Waals surface area contributed by atoms with E-state index in [9.17, 15) is 28.8 Å². The van der Waals surface area contributed by atoms with Gasteiger partial charge in [-0.3, -0.25) is 28.8 Å². The highest BCUT2D eigenvalue weighted by molar-refractivity contribution is 5.92. The van der Waals surface area contributed by atoms with Gasteiger partial charge in [0.05, 0.1) is 44.4 Å². The molecule has 5 aliphatic heterocycles. The highest BCUT2D eigenvalue weighted by Gasteiger charge is 2.91. The van der Waals surface area contributed by atoms with Gasteiger partial charge in [0.2, 0.25) is 0 Å². The van der Waals surface area contributed by atoms with Crippen LogP contribution in [-0.2, 0) is 61.9 Å². The van der Waals surface area contributed by atoms with Crippen molar-refractivity contribution in [2.75, 3.05) is 14.2 Å². The van der Waals surface area contributed by atoms with Gasteiger partial charge in [0.1, 0.15) is 28.5 Å². The molecule has 0 amide bonds. The summed E-state index contributed by atoms with van der Waals surface area (Å²) in [6.45, 7) is 9.02. The molecule has 13 nitrogen and oxygen atoms in total. The minimum atomic E-state index is -0.601. The standard InChI is InChI=1S/C24H30O7.C24H30O6/c1-20-11-15-24(29-15)17(13(20)4-8-22(20)9-6-16(26)30-22)12(19(27)28-3)10-23-18(31-23)14(25)5-7-21(23,24)2;1-22-7-4-13(25)10-12(22)11-14(21(27)28-3)17-15-5-8-24(9-6-16(26)30-24)23(15,2)20-19(29-20)18(17)22/h12-13,15,17-18H,4-11H2,1-3H3;10,14-15,17-20H,4-9,11H2,1-3H3/t12-,13?,15?,17?,18-,20+,21+,22?,23?,24-;14-,15?,17?,18?,19+,20?,22+,23-,24?/m11/s1. The number of carbonyl (C=O) groups is 6. The molecular formula is C48H60O13. The third kappa shape index (κ3) is 4.41. The van der Waals surface area contributed by atoms with Gasteiger partial charge in [-0.15, -0.1) is 0 Å². The summed E-state index contributed by atoms with van der Waals surface area (Å²) >= 11 is 0. The van der Waals surface area contributed by atoms with Crippen molar-refractivity contribution < 1.29 is 61.9 Å². The van der Waals surface area contributed by atoms with Crippen LogP contribution in [-0.4, -0.2) is 96.5 Å². The van der Waals surface area contributed by atoms with E-state index in [1.54, 1.807) is 6.08 Å². The minimum absolute atomic E-state index is 0.000380. The zero-order chi connectivity index (χ0) is 42.7. The van der Waals surface area contributed by atoms with Crippen LogP contribution in [0.3, 0.4) is 0 Å². The number of hydrogen-bond acceptors (Lipinski definition) is 13. The van der Waals surface area contributed by atoms with Crippen LogP contribution in [0.15, 0.2) is 11.6 Å². The van der Waals surface area contributed by atoms with Gasteiger partial charge >= 0.3 is 23.9 Å². The molecule has 5 heterocycles. The zero-order valence-corrected chi connectivity index (χ0v) is 36.3. The maximum Gasteiger partial charge on any atom is 0.309 e. The lowest BCUT2D eigenvalue weighted by molar-refractivity contribution is -0.184. The second kappa shape index (κ2) is 11.9. The molecule has 13 rings (SSSR count). The Hall–Kier alpha value is -3.16. The molecule has 5 saturated heterocycles. The Labute approximate surface area is 356 Å². The van der Waals surface area contributed by atoms with Crippen molar-refractivity contribution in [3.05, 3.63) is 11.6 Å². The number of ketones is 2. The van der Waals surface area contributed by atoms with Crippen molar-refractivity contribution in [3.8, 4) is 0 Å². The van der Waals surface area contributed by atoms with Crippen molar-refractivity contribution in [2.24, 2.45) is 63.1 Å². The molecule has 4 spiro atoms. The Balaban J connectivity index is 0.000000131. The van der Waals surface area contributed by atoms with E-state index in [1.807, 2.05) is 0 Å². The fourth-order valence-electron chi connectivity index (χ4n) is 18.2. The molecule has 0 aromatic carbocycles. The van der Waals surface area contributed by atoms with E-state index >= 15 is 0 Å². The topological polar surface area (TPSA) is 177 Å².